The summed E-state index contributed by atoms with van der Waals surface area (Å²) in [6.07, 6.45) is 13.4. The molecule has 33 heavy (non-hydrogen) atoms. The van der Waals surface area contributed by atoms with Gasteiger partial charge in [-0.1, -0.05) is 19.9 Å². The Hall–Kier alpha value is -2.63. The van der Waals surface area contributed by atoms with Crippen LogP contribution in [0.25, 0.3) is 10.9 Å². The fourth-order valence-electron chi connectivity index (χ4n) is 8.23. The van der Waals surface area contributed by atoms with Gasteiger partial charge >= 0.3 is 0 Å². The minimum absolute atomic E-state index is 0.0650. The predicted molar refractivity (Wildman–Crippen MR) is 128 cm³/mol. The first kappa shape index (κ1) is 20.9. The lowest BCUT2D eigenvalue weighted by Crippen LogP contribution is -2.59. The number of rotatable bonds is 3. The Labute approximate surface area is 195 Å². The molecule has 7 atom stereocenters. The third kappa shape index (κ3) is 3.24. The maximum absolute atomic E-state index is 13.0. The molecule has 6 rings (SSSR count). The average Bonchev–Trinajstić information content (AvgIpc) is 3.38. The van der Waals surface area contributed by atoms with E-state index in [0.717, 1.165) is 29.4 Å². The molecule has 1 aliphatic heterocycles. The third-order valence-electron chi connectivity index (χ3n) is 10.0. The SMILES string of the molecule is C[C@]12C=CC(=O)N[C@@H]1CC[C@@H]1[C@@H]2CC[C@]2(C)[C@@H](CC(=O)Nc3ccc4cn[nH]c4c3)CC[C@@H]12. The van der Waals surface area contributed by atoms with E-state index in [2.05, 4.69) is 40.8 Å². The first-order chi connectivity index (χ1) is 15.9. The van der Waals surface area contributed by atoms with Crippen molar-refractivity contribution in [2.45, 2.75) is 64.8 Å². The molecule has 0 spiro atoms. The van der Waals surface area contributed by atoms with Gasteiger partial charge in [-0.25, -0.2) is 0 Å². The zero-order valence-corrected chi connectivity index (χ0v) is 19.6. The number of hydrogen-bond acceptors (Lipinski definition) is 3. The van der Waals surface area contributed by atoms with Gasteiger partial charge in [-0.05, 0) is 91.9 Å². The molecular formula is C27H34N4O2. The van der Waals surface area contributed by atoms with E-state index >= 15 is 0 Å². The number of carbonyl (C=O) groups is 2. The summed E-state index contributed by atoms with van der Waals surface area (Å²) < 4.78 is 0. The van der Waals surface area contributed by atoms with Crippen molar-refractivity contribution in [3.63, 3.8) is 0 Å². The number of amides is 2. The Balaban J connectivity index is 1.17. The van der Waals surface area contributed by atoms with Crippen molar-refractivity contribution in [1.82, 2.24) is 15.5 Å². The summed E-state index contributed by atoms with van der Waals surface area (Å²) in [5.41, 5.74) is 2.07. The molecule has 0 radical (unpaired) electrons. The van der Waals surface area contributed by atoms with Crippen LogP contribution in [0.3, 0.4) is 0 Å². The van der Waals surface area contributed by atoms with Gasteiger partial charge in [-0.15, -0.1) is 0 Å². The van der Waals surface area contributed by atoms with Crippen molar-refractivity contribution in [1.29, 1.82) is 0 Å². The molecule has 0 bridgehead atoms. The molecule has 3 aliphatic carbocycles. The standard InChI is InChI=1S/C27H34N4O2/c1-26-11-9-21-19(6-8-23-27(21,2)12-10-24(32)30-23)20(26)7-4-17(26)13-25(33)29-18-5-3-16-15-28-31-22(16)14-18/h3,5,10,12,14-15,17,19-21,23H,4,6-9,11,13H2,1-2H3,(H,28,31)(H,29,33)(H,30,32)/t17-,19+,20+,21+,23-,26-,27-/m1/s1. The van der Waals surface area contributed by atoms with E-state index in [1.165, 1.54) is 25.7 Å². The maximum Gasteiger partial charge on any atom is 0.243 e. The van der Waals surface area contributed by atoms with Crippen LogP contribution in [0.5, 0.6) is 0 Å². The van der Waals surface area contributed by atoms with Gasteiger partial charge in [0.15, 0.2) is 0 Å². The molecule has 3 fully saturated rings. The number of nitrogens with one attached hydrogen (secondary N) is 3. The van der Waals surface area contributed by atoms with Crippen LogP contribution in [0.2, 0.25) is 0 Å². The van der Waals surface area contributed by atoms with Crippen LogP contribution in [0.15, 0.2) is 36.5 Å². The minimum atomic E-state index is 0.0650. The van der Waals surface area contributed by atoms with Gasteiger partial charge in [-0.3, -0.25) is 14.7 Å². The summed E-state index contributed by atoms with van der Waals surface area (Å²) in [6, 6.07) is 6.17. The van der Waals surface area contributed by atoms with Crippen LogP contribution < -0.4 is 10.6 Å². The monoisotopic (exact) mass is 446 g/mol. The highest BCUT2D eigenvalue weighted by atomic mass is 16.2. The Bertz CT molecular complexity index is 1140. The number of aromatic nitrogens is 2. The molecule has 2 aromatic rings. The first-order valence-electron chi connectivity index (χ1n) is 12.6. The number of hydrogen-bond donors (Lipinski definition) is 3. The molecule has 6 nitrogen and oxygen atoms in total. The van der Waals surface area contributed by atoms with Crippen LogP contribution in [-0.4, -0.2) is 28.1 Å². The van der Waals surface area contributed by atoms with Crippen molar-refractivity contribution in [2.75, 3.05) is 5.32 Å². The summed E-state index contributed by atoms with van der Waals surface area (Å²) in [6.45, 7) is 4.83. The van der Waals surface area contributed by atoms with Gasteiger partial charge in [0.25, 0.3) is 0 Å². The zero-order chi connectivity index (χ0) is 22.8. The van der Waals surface area contributed by atoms with Crippen LogP contribution in [0.1, 0.15) is 58.8 Å². The Kier molecular flexibility index (Phi) is 4.72. The molecule has 0 saturated heterocycles. The second kappa shape index (κ2) is 7.44. The van der Waals surface area contributed by atoms with Crippen molar-refractivity contribution >= 4 is 28.4 Å². The van der Waals surface area contributed by atoms with Crippen molar-refractivity contribution in [3.05, 3.63) is 36.5 Å². The average molecular weight is 447 g/mol. The van der Waals surface area contributed by atoms with Crippen LogP contribution in [0.4, 0.5) is 5.69 Å². The Morgan fingerprint density at radius 1 is 1.15 bits per heavy atom. The summed E-state index contributed by atoms with van der Waals surface area (Å²) in [5.74, 6) is 2.62. The molecule has 1 aromatic carbocycles. The van der Waals surface area contributed by atoms with Crippen molar-refractivity contribution < 1.29 is 9.59 Å². The third-order valence-corrected chi connectivity index (χ3v) is 10.0. The molecule has 6 heteroatoms. The van der Waals surface area contributed by atoms with E-state index in [4.69, 9.17) is 0 Å². The lowest BCUT2D eigenvalue weighted by Gasteiger charge is -2.59. The maximum atomic E-state index is 13.0. The number of fused-ring (bicyclic) bond motifs is 6. The second-order valence-corrected chi connectivity index (χ2v) is 11.5. The Morgan fingerprint density at radius 3 is 2.91 bits per heavy atom. The number of benzene rings is 1. The molecule has 1 aromatic heterocycles. The predicted octanol–water partition coefficient (Wildman–Crippen LogP) is 4.80. The molecule has 2 amide bonds. The van der Waals surface area contributed by atoms with Gasteiger partial charge in [0, 0.05) is 29.0 Å². The molecule has 4 aliphatic rings. The topological polar surface area (TPSA) is 86.9 Å². The second-order valence-electron chi connectivity index (χ2n) is 11.5. The van der Waals surface area contributed by atoms with E-state index in [1.54, 1.807) is 12.3 Å². The number of nitrogens with zero attached hydrogens (tertiary/aromatic N) is 1. The molecule has 3 N–H and O–H groups in total. The number of anilines is 1. The molecule has 0 unspecified atom stereocenters. The van der Waals surface area contributed by atoms with Crippen LogP contribution >= 0.6 is 0 Å². The molecule has 174 valence electrons. The fourth-order valence-corrected chi connectivity index (χ4v) is 8.23. The lowest BCUT2D eigenvalue weighted by molar-refractivity contribution is -0.123. The molecule has 2 heterocycles. The highest BCUT2D eigenvalue weighted by Gasteiger charge is 2.59. The van der Waals surface area contributed by atoms with Gasteiger partial charge < -0.3 is 10.6 Å². The van der Waals surface area contributed by atoms with E-state index < -0.39 is 0 Å². The quantitative estimate of drug-likeness (QED) is 0.633. The van der Waals surface area contributed by atoms with E-state index in [0.29, 0.717) is 30.1 Å². The zero-order valence-electron chi connectivity index (χ0n) is 19.6. The summed E-state index contributed by atoms with van der Waals surface area (Å²) in [5, 5.41) is 14.5. The number of carbonyl (C=O) groups excluding carboxylic acids is 2. The lowest BCUT2D eigenvalue weighted by atomic mass is 9.48. The number of aromatic amines is 1. The fraction of sp³-hybridized carbons (Fsp3) is 0.593. The first-order valence-corrected chi connectivity index (χ1v) is 12.6. The van der Waals surface area contributed by atoms with Crippen LogP contribution in [-0.2, 0) is 9.59 Å². The highest BCUT2D eigenvalue weighted by molar-refractivity contribution is 5.93. The molecule has 3 saturated carbocycles. The van der Waals surface area contributed by atoms with E-state index in [-0.39, 0.29) is 28.7 Å². The normalized spacial score (nSPS) is 39.5. The Morgan fingerprint density at radius 2 is 2.03 bits per heavy atom. The van der Waals surface area contributed by atoms with Gasteiger partial charge in [0.1, 0.15) is 0 Å². The molecular weight excluding hydrogens is 412 g/mol. The summed E-state index contributed by atoms with van der Waals surface area (Å²) in [7, 11) is 0. The van der Waals surface area contributed by atoms with Gasteiger partial charge in [0.05, 0.1) is 11.7 Å². The van der Waals surface area contributed by atoms with Crippen LogP contribution in [0, 0.1) is 34.5 Å². The van der Waals surface area contributed by atoms with E-state index in [1.807, 2.05) is 18.2 Å². The highest BCUT2D eigenvalue weighted by Crippen LogP contribution is 2.65. The largest absolute Gasteiger partial charge is 0.349 e. The number of H-pyrrole nitrogens is 1. The van der Waals surface area contributed by atoms with Gasteiger partial charge in [0.2, 0.25) is 11.8 Å². The minimum Gasteiger partial charge on any atom is -0.349 e. The summed E-state index contributed by atoms with van der Waals surface area (Å²) in [4.78, 5) is 25.0. The summed E-state index contributed by atoms with van der Waals surface area (Å²) >= 11 is 0. The van der Waals surface area contributed by atoms with Crippen molar-refractivity contribution in [3.8, 4) is 0 Å². The van der Waals surface area contributed by atoms with E-state index in [9.17, 15) is 9.59 Å². The van der Waals surface area contributed by atoms with Gasteiger partial charge in [-0.2, -0.15) is 5.10 Å². The van der Waals surface area contributed by atoms with Crippen molar-refractivity contribution in [2.24, 2.45) is 34.5 Å². The smallest absolute Gasteiger partial charge is 0.243 e.